The first-order valence-corrected chi connectivity index (χ1v) is 7.52. The van der Waals surface area contributed by atoms with Gasteiger partial charge in [0.25, 0.3) is 0 Å². The first kappa shape index (κ1) is 13.4. The van der Waals surface area contributed by atoms with Crippen molar-refractivity contribution in [3.8, 4) is 0 Å². The predicted octanol–water partition coefficient (Wildman–Crippen LogP) is 2.31. The maximum atomic E-state index is 5.71. The van der Waals surface area contributed by atoms with E-state index in [1.165, 1.54) is 0 Å². The van der Waals surface area contributed by atoms with Crippen LogP contribution in [0.2, 0.25) is 5.54 Å². The Hall–Kier alpha value is -0.713. The molecule has 1 atom stereocenters. The van der Waals surface area contributed by atoms with Crippen molar-refractivity contribution in [2.24, 2.45) is 0 Å². The Morgan fingerprint density at radius 1 is 1.25 bits per heavy atom. The Bertz CT molecular complexity index is 276. The summed E-state index contributed by atoms with van der Waals surface area (Å²) in [5.41, 5.74) is 1.57. The van der Waals surface area contributed by atoms with Crippen molar-refractivity contribution in [2.75, 3.05) is 13.2 Å². The molecule has 1 heterocycles. The standard InChI is InChI=1S/C12H21NO2Si/c1-4-14-16(15-5-2)11(3)10-12-8-6-7-9-13-12/h6-9,11,16H,4-5,10H2,1-3H3. The molecule has 0 aromatic carbocycles. The average Bonchev–Trinajstić information content (AvgIpc) is 2.30. The third kappa shape index (κ3) is 4.43. The maximum Gasteiger partial charge on any atom is 0.324 e. The summed E-state index contributed by atoms with van der Waals surface area (Å²) in [4.78, 5) is 4.33. The Morgan fingerprint density at radius 3 is 2.44 bits per heavy atom. The Labute approximate surface area is 99.7 Å². The second-order valence-corrected chi connectivity index (χ2v) is 6.32. The summed E-state index contributed by atoms with van der Waals surface area (Å²) in [6, 6.07) is 6.01. The molecule has 4 heteroatoms. The monoisotopic (exact) mass is 239 g/mol. The van der Waals surface area contributed by atoms with E-state index in [2.05, 4.69) is 18.0 Å². The van der Waals surface area contributed by atoms with Gasteiger partial charge in [0.05, 0.1) is 0 Å². The van der Waals surface area contributed by atoms with Crippen LogP contribution < -0.4 is 0 Å². The molecule has 0 bridgehead atoms. The fourth-order valence-corrected chi connectivity index (χ4v) is 3.49. The highest BCUT2D eigenvalue weighted by atomic mass is 28.3. The largest absolute Gasteiger partial charge is 0.397 e. The van der Waals surface area contributed by atoms with Gasteiger partial charge in [-0.1, -0.05) is 13.0 Å². The SMILES string of the molecule is CCO[SiH](OCC)C(C)Cc1ccccn1. The Morgan fingerprint density at radius 2 is 1.94 bits per heavy atom. The van der Waals surface area contributed by atoms with Gasteiger partial charge < -0.3 is 8.85 Å². The third-order valence-electron chi connectivity index (χ3n) is 2.38. The zero-order valence-electron chi connectivity index (χ0n) is 10.3. The van der Waals surface area contributed by atoms with E-state index in [1.807, 2.05) is 32.2 Å². The van der Waals surface area contributed by atoms with Crippen molar-refractivity contribution in [1.82, 2.24) is 4.98 Å². The Balaban J connectivity index is 2.51. The summed E-state index contributed by atoms with van der Waals surface area (Å²) in [6.07, 6.45) is 2.78. The lowest BCUT2D eigenvalue weighted by molar-refractivity contribution is 0.205. The fourth-order valence-electron chi connectivity index (χ4n) is 1.65. The van der Waals surface area contributed by atoms with Gasteiger partial charge in [-0.15, -0.1) is 0 Å². The first-order chi connectivity index (χ1) is 7.77. The van der Waals surface area contributed by atoms with Crippen LogP contribution in [0.15, 0.2) is 24.4 Å². The molecule has 0 saturated heterocycles. The summed E-state index contributed by atoms with van der Waals surface area (Å²) in [5.74, 6) is 0. The number of nitrogens with zero attached hydrogens (tertiary/aromatic N) is 1. The second kappa shape index (κ2) is 7.54. The van der Waals surface area contributed by atoms with Crippen molar-refractivity contribution >= 4 is 9.28 Å². The van der Waals surface area contributed by atoms with Gasteiger partial charge in [-0.05, 0) is 32.4 Å². The summed E-state index contributed by atoms with van der Waals surface area (Å²) in [5, 5.41) is 0. The first-order valence-electron chi connectivity index (χ1n) is 5.91. The Kier molecular flexibility index (Phi) is 6.29. The van der Waals surface area contributed by atoms with Gasteiger partial charge >= 0.3 is 9.28 Å². The zero-order valence-corrected chi connectivity index (χ0v) is 11.5. The van der Waals surface area contributed by atoms with Crippen molar-refractivity contribution in [2.45, 2.75) is 32.7 Å². The maximum absolute atomic E-state index is 5.71. The molecule has 0 fully saturated rings. The van der Waals surface area contributed by atoms with Crippen LogP contribution in [0.3, 0.4) is 0 Å². The lowest BCUT2D eigenvalue weighted by Crippen LogP contribution is -2.29. The lowest BCUT2D eigenvalue weighted by atomic mass is 10.2. The average molecular weight is 239 g/mol. The van der Waals surface area contributed by atoms with Crippen molar-refractivity contribution in [3.63, 3.8) is 0 Å². The minimum Gasteiger partial charge on any atom is -0.397 e. The van der Waals surface area contributed by atoms with Gasteiger partial charge in [-0.25, -0.2) is 0 Å². The van der Waals surface area contributed by atoms with Crippen LogP contribution in [-0.2, 0) is 15.3 Å². The second-order valence-electron chi connectivity index (χ2n) is 3.78. The summed E-state index contributed by atoms with van der Waals surface area (Å²) in [6.45, 7) is 7.71. The summed E-state index contributed by atoms with van der Waals surface area (Å²) in [7, 11) is -1.54. The molecular weight excluding hydrogens is 218 g/mol. The number of hydrogen-bond donors (Lipinski definition) is 0. The molecule has 90 valence electrons. The fraction of sp³-hybridized carbons (Fsp3) is 0.583. The van der Waals surface area contributed by atoms with E-state index in [-0.39, 0.29) is 0 Å². The van der Waals surface area contributed by atoms with Gasteiger partial charge in [-0.3, -0.25) is 4.98 Å². The normalized spacial score (nSPS) is 13.0. The molecule has 0 saturated carbocycles. The molecule has 0 aliphatic rings. The molecule has 1 aromatic rings. The van der Waals surface area contributed by atoms with Gasteiger partial charge in [-0.2, -0.15) is 0 Å². The molecule has 0 aliphatic heterocycles. The molecule has 16 heavy (non-hydrogen) atoms. The third-order valence-corrected chi connectivity index (χ3v) is 4.87. The van der Waals surface area contributed by atoms with Crippen LogP contribution in [-0.4, -0.2) is 27.5 Å². The summed E-state index contributed by atoms with van der Waals surface area (Å²) < 4.78 is 11.4. The molecule has 3 nitrogen and oxygen atoms in total. The van der Waals surface area contributed by atoms with Crippen LogP contribution in [0, 0.1) is 0 Å². The molecular formula is C12H21NO2Si. The van der Waals surface area contributed by atoms with E-state index < -0.39 is 9.28 Å². The molecule has 1 rings (SSSR count). The number of hydrogen-bond acceptors (Lipinski definition) is 3. The lowest BCUT2D eigenvalue weighted by Gasteiger charge is -2.21. The topological polar surface area (TPSA) is 31.4 Å². The molecule has 0 N–H and O–H groups in total. The zero-order chi connectivity index (χ0) is 11.8. The van der Waals surface area contributed by atoms with Crippen molar-refractivity contribution in [1.29, 1.82) is 0 Å². The highest BCUT2D eigenvalue weighted by Crippen LogP contribution is 2.17. The van der Waals surface area contributed by atoms with Gasteiger partial charge in [0.2, 0.25) is 0 Å². The van der Waals surface area contributed by atoms with Crippen molar-refractivity contribution in [3.05, 3.63) is 30.1 Å². The smallest absolute Gasteiger partial charge is 0.324 e. The molecule has 0 radical (unpaired) electrons. The highest BCUT2D eigenvalue weighted by Gasteiger charge is 2.21. The number of pyridine rings is 1. The molecule has 0 spiro atoms. The molecule has 0 amide bonds. The molecule has 1 aromatic heterocycles. The minimum absolute atomic E-state index is 0.454. The minimum atomic E-state index is -1.54. The van der Waals surface area contributed by atoms with Crippen molar-refractivity contribution < 1.29 is 8.85 Å². The van der Waals surface area contributed by atoms with Gasteiger partial charge in [0, 0.05) is 30.6 Å². The highest BCUT2D eigenvalue weighted by molar-refractivity contribution is 6.46. The number of aromatic nitrogens is 1. The van der Waals surface area contributed by atoms with E-state index in [0.717, 1.165) is 25.3 Å². The van der Waals surface area contributed by atoms with Crippen LogP contribution in [0.5, 0.6) is 0 Å². The van der Waals surface area contributed by atoms with Crippen LogP contribution in [0.25, 0.3) is 0 Å². The quantitative estimate of drug-likeness (QED) is 0.684. The van der Waals surface area contributed by atoms with E-state index in [1.54, 1.807) is 0 Å². The van der Waals surface area contributed by atoms with E-state index >= 15 is 0 Å². The van der Waals surface area contributed by atoms with E-state index in [9.17, 15) is 0 Å². The van der Waals surface area contributed by atoms with Crippen LogP contribution in [0.4, 0.5) is 0 Å². The van der Waals surface area contributed by atoms with E-state index in [4.69, 9.17) is 8.85 Å². The van der Waals surface area contributed by atoms with Gasteiger partial charge in [0.1, 0.15) is 0 Å². The van der Waals surface area contributed by atoms with Gasteiger partial charge in [0.15, 0.2) is 0 Å². The van der Waals surface area contributed by atoms with Crippen LogP contribution >= 0.6 is 0 Å². The molecule has 1 unspecified atom stereocenters. The molecule has 0 aliphatic carbocycles. The predicted molar refractivity (Wildman–Crippen MR) is 67.8 cm³/mol. The van der Waals surface area contributed by atoms with E-state index in [0.29, 0.717) is 5.54 Å². The number of rotatable bonds is 7. The summed E-state index contributed by atoms with van der Waals surface area (Å²) >= 11 is 0. The van der Waals surface area contributed by atoms with Crippen LogP contribution in [0.1, 0.15) is 26.5 Å².